The molecule has 3 N–H and O–H groups in total. The Bertz CT molecular complexity index is 271. The van der Waals surface area contributed by atoms with E-state index in [0.717, 1.165) is 32.1 Å². The molecule has 1 rings (SSSR count). The standard InChI is InChI=1S/C11H19NO4/c1-8(10(15)16)9(14)12-11(7-13)5-3-2-4-6-11/h8,13H,2-7H2,1H3,(H,12,14)(H,15,16). The Labute approximate surface area is 94.8 Å². The average molecular weight is 229 g/mol. The van der Waals surface area contributed by atoms with Crippen LogP contribution in [0.15, 0.2) is 0 Å². The predicted octanol–water partition coefficient (Wildman–Crippen LogP) is 0.518. The van der Waals surface area contributed by atoms with Crippen LogP contribution in [0.5, 0.6) is 0 Å². The molecule has 16 heavy (non-hydrogen) atoms. The van der Waals surface area contributed by atoms with E-state index in [1.807, 2.05) is 0 Å². The number of hydrogen-bond acceptors (Lipinski definition) is 3. The third kappa shape index (κ3) is 2.95. The smallest absolute Gasteiger partial charge is 0.315 e. The van der Waals surface area contributed by atoms with Crippen LogP contribution in [-0.2, 0) is 9.59 Å². The van der Waals surface area contributed by atoms with Crippen LogP contribution < -0.4 is 5.32 Å². The van der Waals surface area contributed by atoms with Crippen molar-refractivity contribution in [3.05, 3.63) is 0 Å². The summed E-state index contributed by atoms with van der Waals surface area (Å²) in [4.78, 5) is 22.3. The van der Waals surface area contributed by atoms with E-state index in [1.54, 1.807) is 0 Å². The van der Waals surface area contributed by atoms with Crippen molar-refractivity contribution in [2.75, 3.05) is 6.61 Å². The second kappa shape index (κ2) is 5.30. The molecular formula is C11H19NO4. The van der Waals surface area contributed by atoms with E-state index >= 15 is 0 Å². The fourth-order valence-corrected chi connectivity index (χ4v) is 2.03. The van der Waals surface area contributed by atoms with Crippen LogP contribution in [0, 0.1) is 5.92 Å². The summed E-state index contributed by atoms with van der Waals surface area (Å²) >= 11 is 0. The van der Waals surface area contributed by atoms with E-state index < -0.39 is 23.3 Å². The first-order valence-corrected chi connectivity index (χ1v) is 5.66. The Kier molecular flexibility index (Phi) is 4.29. The van der Waals surface area contributed by atoms with Gasteiger partial charge in [0.15, 0.2) is 0 Å². The molecule has 0 saturated heterocycles. The molecule has 1 saturated carbocycles. The molecule has 5 heteroatoms. The van der Waals surface area contributed by atoms with Crippen molar-refractivity contribution in [2.24, 2.45) is 5.92 Å². The summed E-state index contributed by atoms with van der Waals surface area (Å²) in [6, 6.07) is 0. The zero-order valence-corrected chi connectivity index (χ0v) is 9.53. The molecule has 1 aliphatic rings. The van der Waals surface area contributed by atoms with Crippen LogP contribution in [-0.4, -0.2) is 34.2 Å². The number of rotatable bonds is 4. The van der Waals surface area contributed by atoms with Crippen molar-refractivity contribution < 1.29 is 19.8 Å². The summed E-state index contributed by atoms with van der Waals surface area (Å²) in [5.41, 5.74) is -0.598. The highest BCUT2D eigenvalue weighted by atomic mass is 16.4. The number of aliphatic hydroxyl groups is 1. The molecule has 5 nitrogen and oxygen atoms in total. The molecule has 0 spiro atoms. The van der Waals surface area contributed by atoms with Gasteiger partial charge in [-0.1, -0.05) is 19.3 Å². The first kappa shape index (κ1) is 13.0. The van der Waals surface area contributed by atoms with Gasteiger partial charge in [-0.05, 0) is 19.8 Å². The van der Waals surface area contributed by atoms with Crippen LogP contribution in [0.1, 0.15) is 39.0 Å². The molecule has 1 amide bonds. The van der Waals surface area contributed by atoms with Gasteiger partial charge in [-0.25, -0.2) is 0 Å². The molecule has 0 aromatic heterocycles. The molecular weight excluding hydrogens is 210 g/mol. The second-order valence-corrected chi connectivity index (χ2v) is 4.55. The quantitative estimate of drug-likeness (QED) is 0.613. The highest BCUT2D eigenvalue weighted by Crippen LogP contribution is 2.28. The van der Waals surface area contributed by atoms with Crippen molar-refractivity contribution in [1.29, 1.82) is 0 Å². The number of aliphatic carboxylic acids is 1. The largest absolute Gasteiger partial charge is 0.481 e. The Balaban J connectivity index is 2.62. The topological polar surface area (TPSA) is 86.6 Å². The van der Waals surface area contributed by atoms with Gasteiger partial charge < -0.3 is 15.5 Å². The van der Waals surface area contributed by atoms with Gasteiger partial charge in [-0.3, -0.25) is 9.59 Å². The monoisotopic (exact) mass is 229 g/mol. The van der Waals surface area contributed by atoms with Gasteiger partial charge in [0.05, 0.1) is 12.1 Å². The van der Waals surface area contributed by atoms with Gasteiger partial charge in [-0.2, -0.15) is 0 Å². The molecule has 0 aromatic rings. The number of carbonyl (C=O) groups excluding carboxylic acids is 1. The second-order valence-electron chi connectivity index (χ2n) is 4.55. The summed E-state index contributed by atoms with van der Waals surface area (Å²) in [5.74, 6) is -2.71. The minimum atomic E-state index is -1.14. The van der Waals surface area contributed by atoms with Crippen LogP contribution in [0.2, 0.25) is 0 Å². The first-order chi connectivity index (χ1) is 7.51. The molecule has 0 aliphatic heterocycles. The van der Waals surface area contributed by atoms with Crippen LogP contribution in [0.4, 0.5) is 0 Å². The fraction of sp³-hybridized carbons (Fsp3) is 0.818. The number of carbonyl (C=O) groups is 2. The van der Waals surface area contributed by atoms with Crippen LogP contribution >= 0.6 is 0 Å². The number of aliphatic hydroxyl groups excluding tert-OH is 1. The van der Waals surface area contributed by atoms with Crippen molar-refractivity contribution in [3.63, 3.8) is 0 Å². The van der Waals surface area contributed by atoms with Gasteiger partial charge in [0.2, 0.25) is 5.91 Å². The van der Waals surface area contributed by atoms with Crippen molar-refractivity contribution >= 4 is 11.9 Å². The van der Waals surface area contributed by atoms with Crippen molar-refractivity contribution in [2.45, 2.75) is 44.6 Å². The Morgan fingerprint density at radius 3 is 2.31 bits per heavy atom. The number of nitrogens with one attached hydrogen (secondary N) is 1. The molecule has 0 bridgehead atoms. The van der Waals surface area contributed by atoms with Crippen molar-refractivity contribution in [3.8, 4) is 0 Å². The van der Waals surface area contributed by atoms with Gasteiger partial charge in [0.1, 0.15) is 5.92 Å². The number of carboxylic acid groups (broad SMARTS) is 1. The highest BCUT2D eigenvalue weighted by Gasteiger charge is 2.35. The minimum absolute atomic E-state index is 0.120. The molecule has 0 aromatic carbocycles. The van der Waals surface area contributed by atoms with Gasteiger partial charge in [0, 0.05) is 0 Å². The number of amides is 1. The third-order valence-electron chi connectivity index (χ3n) is 3.27. The van der Waals surface area contributed by atoms with Gasteiger partial charge >= 0.3 is 5.97 Å². The van der Waals surface area contributed by atoms with E-state index in [4.69, 9.17) is 5.11 Å². The molecule has 92 valence electrons. The summed E-state index contributed by atoms with van der Waals surface area (Å²) in [6.45, 7) is 1.23. The maximum Gasteiger partial charge on any atom is 0.315 e. The lowest BCUT2D eigenvalue weighted by Crippen LogP contribution is -2.54. The average Bonchev–Trinajstić information content (AvgIpc) is 2.29. The lowest BCUT2D eigenvalue weighted by atomic mass is 9.82. The van der Waals surface area contributed by atoms with Gasteiger partial charge in [0.25, 0.3) is 0 Å². The van der Waals surface area contributed by atoms with Crippen LogP contribution in [0.25, 0.3) is 0 Å². The molecule has 1 aliphatic carbocycles. The SMILES string of the molecule is CC(C(=O)O)C(=O)NC1(CO)CCCCC1. The molecule has 1 unspecified atom stereocenters. The molecule has 0 heterocycles. The molecule has 0 radical (unpaired) electrons. The zero-order chi connectivity index (χ0) is 12.2. The number of carboxylic acids is 1. The lowest BCUT2D eigenvalue weighted by Gasteiger charge is -2.36. The Morgan fingerprint density at radius 2 is 1.88 bits per heavy atom. The van der Waals surface area contributed by atoms with E-state index in [9.17, 15) is 14.7 Å². The molecule has 1 fully saturated rings. The third-order valence-corrected chi connectivity index (χ3v) is 3.27. The maximum absolute atomic E-state index is 11.6. The summed E-state index contributed by atoms with van der Waals surface area (Å²) in [6.07, 6.45) is 4.47. The maximum atomic E-state index is 11.6. The summed E-state index contributed by atoms with van der Waals surface area (Å²) in [7, 11) is 0. The van der Waals surface area contributed by atoms with E-state index in [2.05, 4.69) is 5.32 Å². The summed E-state index contributed by atoms with van der Waals surface area (Å²) < 4.78 is 0. The zero-order valence-electron chi connectivity index (χ0n) is 9.53. The fourth-order valence-electron chi connectivity index (χ4n) is 2.03. The normalized spacial score (nSPS) is 21.1. The number of hydrogen-bond donors (Lipinski definition) is 3. The summed E-state index contributed by atoms with van der Waals surface area (Å²) in [5, 5.41) is 20.8. The lowest BCUT2D eigenvalue weighted by molar-refractivity contribution is -0.147. The highest BCUT2D eigenvalue weighted by molar-refractivity contribution is 5.96. The predicted molar refractivity (Wildman–Crippen MR) is 57.8 cm³/mol. The van der Waals surface area contributed by atoms with E-state index in [0.29, 0.717) is 0 Å². The van der Waals surface area contributed by atoms with Crippen molar-refractivity contribution in [1.82, 2.24) is 5.32 Å². The minimum Gasteiger partial charge on any atom is -0.481 e. The van der Waals surface area contributed by atoms with E-state index in [1.165, 1.54) is 6.92 Å². The van der Waals surface area contributed by atoms with E-state index in [-0.39, 0.29) is 6.61 Å². The van der Waals surface area contributed by atoms with Crippen LogP contribution in [0.3, 0.4) is 0 Å². The Morgan fingerprint density at radius 1 is 1.31 bits per heavy atom. The Hall–Kier alpha value is -1.10. The molecule has 1 atom stereocenters. The van der Waals surface area contributed by atoms with Gasteiger partial charge in [-0.15, -0.1) is 0 Å². The first-order valence-electron chi connectivity index (χ1n) is 5.66.